The predicted molar refractivity (Wildman–Crippen MR) is 81.9 cm³/mol. The Bertz CT molecular complexity index is 537. The largest absolute Gasteiger partial charge is 0.379 e. The molecule has 1 aliphatic carbocycles. The SMILES string of the molecule is O=C(Nc1ccccc1)C1(C(=O)NN2CCOCC2)CCC1. The number of anilines is 1. The molecule has 1 aromatic rings. The van der Waals surface area contributed by atoms with Gasteiger partial charge in [-0.25, -0.2) is 5.01 Å². The monoisotopic (exact) mass is 303 g/mol. The van der Waals surface area contributed by atoms with Gasteiger partial charge >= 0.3 is 0 Å². The van der Waals surface area contributed by atoms with E-state index in [4.69, 9.17) is 4.74 Å². The number of para-hydroxylation sites is 1. The van der Waals surface area contributed by atoms with Gasteiger partial charge in [0.15, 0.2) is 0 Å². The van der Waals surface area contributed by atoms with Crippen LogP contribution in [0.25, 0.3) is 0 Å². The van der Waals surface area contributed by atoms with Crippen molar-refractivity contribution in [2.24, 2.45) is 5.41 Å². The minimum Gasteiger partial charge on any atom is -0.379 e. The Morgan fingerprint density at radius 2 is 1.73 bits per heavy atom. The molecule has 2 N–H and O–H groups in total. The summed E-state index contributed by atoms with van der Waals surface area (Å²) in [5, 5.41) is 4.69. The molecule has 0 radical (unpaired) electrons. The summed E-state index contributed by atoms with van der Waals surface area (Å²) in [4.78, 5) is 25.2. The summed E-state index contributed by atoms with van der Waals surface area (Å²) in [6.45, 7) is 2.51. The Labute approximate surface area is 129 Å². The lowest BCUT2D eigenvalue weighted by atomic mass is 9.67. The van der Waals surface area contributed by atoms with Crippen LogP contribution in [0.4, 0.5) is 5.69 Å². The molecule has 1 heterocycles. The van der Waals surface area contributed by atoms with Crippen LogP contribution in [-0.4, -0.2) is 43.1 Å². The summed E-state index contributed by atoms with van der Waals surface area (Å²) in [7, 11) is 0. The molecule has 1 saturated carbocycles. The molecule has 1 saturated heterocycles. The molecular formula is C16H21N3O3. The van der Waals surface area contributed by atoms with Gasteiger partial charge in [0.2, 0.25) is 11.8 Å². The summed E-state index contributed by atoms with van der Waals surface area (Å²) in [6, 6.07) is 9.25. The normalized spacial score (nSPS) is 20.7. The van der Waals surface area contributed by atoms with Crippen LogP contribution in [0.15, 0.2) is 30.3 Å². The molecule has 6 heteroatoms. The number of ether oxygens (including phenoxy) is 1. The lowest BCUT2D eigenvalue weighted by molar-refractivity contribution is -0.151. The average Bonchev–Trinajstić information content (AvgIpc) is 2.48. The maximum Gasteiger partial charge on any atom is 0.249 e. The molecule has 22 heavy (non-hydrogen) atoms. The molecular weight excluding hydrogens is 282 g/mol. The third-order valence-corrected chi connectivity index (χ3v) is 4.38. The molecule has 6 nitrogen and oxygen atoms in total. The van der Waals surface area contributed by atoms with Crippen molar-refractivity contribution in [3.63, 3.8) is 0 Å². The number of carbonyl (C=O) groups is 2. The molecule has 1 aromatic carbocycles. The molecule has 0 spiro atoms. The van der Waals surface area contributed by atoms with Gasteiger partial charge in [0.1, 0.15) is 5.41 Å². The lowest BCUT2D eigenvalue weighted by Crippen LogP contribution is -2.58. The fourth-order valence-electron chi connectivity index (χ4n) is 2.79. The second-order valence-electron chi connectivity index (χ2n) is 5.80. The van der Waals surface area contributed by atoms with E-state index in [2.05, 4.69) is 10.7 Å². The number of hydrogen-bond donors (Lipinski definition) is 2. The van der Waals surface area contributed by atoms with Crippen LogP contribution in [0.3, 0.4) is 0 Å². The van der Waals surface area contributed by atoms with Crippen molar-refractivity contribution in [1.82, 2.24) is 10.4 Å². The minimum atomic E-state index is -0.936. The van der Waals surface area contributed by atoms with Crippen LogP contribution >= 0.6 is 0 Å². The van der Waals surface area contributed by atoms with E-state index in [1.165, 1.54) is 0 Å². The Hall–Kier alpha value is -1.92. The van der Waals surface area contributed by atoms with Crippen molar-refractivity contribution in [2.75, 3.05) is 31.6 Å². The molecule has 2 amide bonds. The first kappa shape index (κ1) is 15.0. The second kappa shape index (κ2) is 6.46. The summed E-state index contributed by atoms with van der Waals surface area (Å²) < 4.78 is 5.26. The highest BCUT2D eigenvalue weighted by molar-refractivity contribution is 6.11. The van der Waals surface area contributed by atoms with E-state index in [1.807, 2.05) is 35.3 Å². The Kier molecular flexibility index (Phi) is 4.40. The van der Waals surface area contributed by atoms with E-state index in [0.717, 1.165) is 12.1 Å². The van der Waals surface area contributed by atoms with Crippen LogP contribution in [0, 0.1) is 5.41 Å². The Morgan fingerprint density at radius 3 is 2.32 bits per heavy atom. The van der Waals surface area contributed by atoms with Gasteiger partial charge in [-0.15, -0.1) is 0 Å². The van der Waals surface area contributed by atoms with Crippen molar-refractivity contribution in [3.8, 4) is 0 Å². The predicted octanol–water partition coefficient (Wildman–Crippen LogP) is 1.16. The highest BCUT2D eigenvalue weighted by Gasteiger charge is 2.51. The van der Waals surface area contributed by atoms with Gasteiger partial charge in [-0.2, -0.15) is 0 Å². The fourth-order valence-corrected chi connectivity index (χ4v) is 2.79. The molecule has 0 bridgehead atoms. The summed E-state index contributed by atoms with van der Waals surface area (Å²) >= 11 is 0. The number of carbonyl (C=O) groups excluding carboxylic acids is 2. The maximum absolute atomic E-state index is 12.6. The first-order valence-electron chi connectivity index (χ1n) is 7.71. The second-order valence-corrected chi connectivity index (χ2v) is 5.80. The van der Waals surface area contributed by atoms with Crippen molar-refractivity contribution >= 4 is 17.5 Å². The number of hydrazine groups is 1. The third kappa shape index (κ3) is 2.98. The molecule has 118 valence electrons. The highest BCUT2D eigenvalue weighted by Crippen LogP contribution is 2.42. The highest BCUT2D eigenvalue weighted by atomic mass is 16.5. The molecule has 0 aromatic heterocycles. The van der Waals surface area contributed by atoms with Crippen LogP contribution in [0.1, 0.15) is 19.3 Å². The van der Waals surface area contributed by atoms with Gasteiger partial charge in [0, 0.05) is 18.8 Å². The van der Waals surface area contributed by atoms with E-state index >= 15 is 0 Å². The van der Waals surface area contributed by atoms with Gasteiger partial charge < -0.3 is 10.1 Å². The van der Waals surface area contributed by atoms with Crippen LogP contribution in [0.5, 0.6) is 0 Å². The van der Waals surface area contributed by atoms with E-state index in [1.54, 1.807) is 0 Å². The average molecular weight is 303 g/mol. The van der Waals surface area contributed by atoms with Crippen molar-refractivity contribution < 1.29 is 14.3 Å². The number of hydrogen-bond acceptors (Lipinski definition) is 4. The number of nitrogens with one attached hydrogen (secondary N) is 2. The first-order valence-corrected chi connectivity index (χ1v) is 7.71. The lowest BCUT2D eigenvalue weighted by Gasteiger charge is -2.40. The van der Waals surface area contributed by atoms with Gasteiger partial charge in [-0.05, 0) is 25.0 Å². The first-order chi connectivity index (χ1) is 10.7. The number of morpholine rings is 1. The molecule has 3 rings (SSSR count). The van der Waals surface area contributed by atoms with Crippen molar-refractivity contribution in [2.45, 2.75) is 19.3 Å². The standard InChI is InChI=1S/C16H21N3O3/c20-14(17-13-5-2-1-3-6-13)16(7-4-8-16)15(21)18-19-9-11-22-12-10-19/h1-3,5-6H,4,7-12H2,(H,17,20)(H,18,21). The molecule has 0 atom stereocenters. The van der Waals surface area contributed by atoms with E-state index < -0.39 is 5.41 Å². The fraction of sp³-hybridized carbons (Fsp3) is 0.500. The van der Waals surface area contributed by atoms with Crippen LogP contribution < -0.4 is 10.7 Å². The minimum absolute atomic E-state index is 0.200. The third-order valence-electron chi connectivity index (χ3n) is 4.38. The number of amides is 2. The molecule has 0 unspecified atom stereocenters. The zero-order chi connectivity index (χ0) is 15.4. The zero-order valence-corrected chi connectivity index (χ0v) is 12.5. The summed E-state index contributed by atoms with van der Waals surface area (Å²) in [5.74, 6) is -0.412. The van der Waals surface area contributed by atoms with Gasteiger partial charge in [-0.1, -0.05) is 24.6 Å². The zero-order valence-electron chi connectivity index (χ0n) is 12.5. The van der Waals surface area contributed by atoms with Crippen molar-refractivity contribution in [1.29, 1.82) is 0 Å². The Balaban J connectivity index is 1.65. The smallest absolute Gasteiger partial charge is 0.249 e. The number of nitrogens with zero attached hydrogens (tertiary/aromatic N) is 1. The van der Waals surface area contributed by atoms with Gasteiger partial charge in [-0.3, -0.25) is 15.0 Å². The van der Waals surface area contributed by atoms with Crippen LogP contribution in [0.2, 0.25) is 0 Å². The van der Waals surface area contributed by atoms with Crippen molar-refractivity contribution in [3.05, 3.63) is 30.3 Å². The molecule has 2 fully saturated rings. The molecule has 2 aliphatic rings. The number of benzene rings is 1. The summed E-state index contributed by atoms with van der Waals surface area (Å²) in [6.07, 6.45) is 2.10. The topological polar surface area (TPSA) is 70.7 Å². The Morgan fingerprint density at radius 1 is 1.05 bits per heavy atom. The van der Waals surface area contributed by atoms with E-state index in [-0.39, 0.29) is 11.8 Å². The number of rotatable bonds is 4. The van der Waals surface area contributed by atoms with E-state index in [0.29, 0.717) is 39.1 Å². The molecule has 1 aliphatic heterocycles. The quantitative estimate of drug-likeness (QED) is 0.819. The van der Waals surface area contributed by atoms with E-state index in [9.17, 15) is 9.59 Å². The van der Waals surface area contributed by atoms with Crippen LogP contribution in [-0.2, 0) is 14.3 Å². The maximum atomic E-state index is 12.6. The van der Waals surface area contributed by atoms with Gasteiger partial charge in [0.25, 0.3) is 0 Å². The van der Waals surface area contributed by atoms with Gasteiger partial charge in [0.05, 0.1) is 13.2 Å². The summed E-state index contributed by atoms with van der Waals surface area (Å²) in [5.41, 5.74) is 2.67.